The molecule has 0 atom stereocenters. The monoisotopic (exact) mass is 334 g/mol. The van der Waals surface area contributed by atoms with Crippen LogP contribution in [-0.4, -0.2) is 29.0 Å². The molecule has 5 nitrogen and oxygen atoms in total. The van der Waals surface area contributed by atoms with E-state index in [2.05, 4.69) is 20.2 Å². The highest BCUT2D eigenvalue weighted by Gasteiger charge is 2.14. The van der Waals surface area contributed by atoms with E-state index < -0.39 is 5.82 Å². The van der Waals surface area contributed by atoms with Crippen LogP contribution in [0.1, 0.15) is 29.6 Å². The Morgan fingerprint density at radius 1 is 1.17 bits per heavy atom. The third-order valence-electron chi connectivity index (χ3n) is 3.72. The summed E-state index contributed by atoms with van der Waals surface area (Å²) in [6, 6.07) is 4.01. The molecule has 0 saturated carbocycles. The summed E-state index contributed by atoms with van der Waals surface area (Å²) in [5.41, 5.74) is 0.757. The maximum Gasteiger partial charge on any atom is 0.258 e. The van der Waals surface area contributed by atoms with Crippen molar-refractivity contribution in [3.05, 3.63) is 47.0 Å². The Morgan fingerprint density at radius 2 is 1.87 bits per heavy atom. The lowest BCUT2D eigenvalue weighted by molar-refractivity contribution is 0.102. The smallest absolute Gasteiger partial charge is 0.258 e. The number of carbonyl (C=O) groups is 1. The normalized spacial score (nSPS) is 14.6. The van der Waals surface area contributed by atoms with Crippen LogP contribution >= 0.6 is 11.6 Å². The van der Waals surface area contributed by atoms with Crippen molar-refractivity contribution < 1.29 is 9.18 Å². The van der Waals surface area contributed by atoms with Crippen LogP contribution in [0.15, 0.2) is 30.6 Å². The Balaban J connectivity index is 1.68. The molecule has 2 heterocycles. The molecule has 1 aliphatic rings. The number of amides is 1. The van der Waals surface area contributed by atoms with Gasteiger partial charge in [0.15, 0.2) is 0 Å². The highest BCUT2D eigenvalue weighted by molar-refractivity contribution is 6.31. The Labute approximate surface area is 138 Å². The van der Waals surface area contributed by atoms with Crippen LogP contribution in [0.2, 0.25) is 5.02 Å². The third kappa shape index (κ3) is 3.76. The summed E-state index contributed by atoms with van der Waals surface area (Å²) in [5.74, 6) is -0.247. The van der Waals surface area contributed by atoms with Gasteiger partial charge in [0, 0.05) is 31.2 Å². The van der Waals surface area contributed by atoms with Crippen LogP contribution in [0.4, 0.5) is 16.0 Å². The van der Waals surface area contributed by atoms with Gasteiger partial charge in [0.2, 0.25) is 5.95 Å². The lowest BCUT2D eigenvalue weighted by atomic mass is 10.1. The maximum absolute atomic E-state index is 13.1. The molecule has 1 aromatic heterocycles. The second-order valence-electron chi connectivity index (χ2n) is 5.40. The standard InChI is InChI=1S/C16H16ClFN4O/c17-13-8-12(4-5-14(13)18)21-15(23)11-9-19-16(20-10-11)22-6-2-1-3-7-22/h4-5,8-10H,1-3,6-7H2,(H,21,23). The van der Waals surface area contributed by atoms with E-state index in [4.69, 9.17) is 11.6 Å². The highest BCUT2D eigenvalue weighted by atomic mass is 35.5. The first-order valence-electron chi connectivity index (χ1n) is 7.47. The molecular formula is C16H16ClFN4O. The molecule has 0 bridgehead atoms. The van der Waals surface area contributed by atoms with Crippen LogP contribution in [-0.2, 0) is 0 Å². The number of nitrogens with one attached hydrogen (secondary N) is 1. The molecule has 1 amide bonds. The molecule has 7 heteroatoms. The van der Waals surface area contributed by atoms with E-state index in [0.29, 0.717) is 17.2 Å². The van der Waals surface area contributed by atoms with Crippen molar-refractivity contribution in [2.75, 3.05) is 23.3 Å². The SMILES string of the molecule is O=C(Nc1ccc(F)c(Cl)c1)c1cnc(N2CCCCC2)nc1. The Morgan fingerprint density at radius 3 is 2.52 bits per heavy atom. The van der Waals surface area contributed by atoms with E-state index in [1.165, 1.54) is 37.0 Å². The number of benzene rings is 1. The van der Waals surface area contributed by atoms with Gasteiger partial charge in [-0.3, -0.25) is 4.79 Å². The fourth-order valence-electron chi connectivity index (χ4n) is 2.47. The number of piperidine rings is 1. The highest BCUT2D eigenvalue weighted by Crippen LogP contribution is 2.20. The minimum absolute atomic E-state index is 0.0421. The van der Waals surface area contributed by atoms with E-state index in [9.17, 15) is 9.18 Å². The number of rotatable bonds is 3. The van der Waals surface area contributed by atoms with Gasteiger partial charge in [-0.05, 0) is 37.5 Å². The number of hydrogen-bond acceptors (Lipinski definition) is 4. The zero-order valence-corrected chi connectivity index (χ0v) is 13.2. The van der Waals surface area contributed by atoms with E-state index >= 15 is 0 Å². The topological polar surface area (TPSA) is 58.1 Å². The summed E-state index contributed by atoms with van der Waals surface area (Å²) in [6.07, 6.45) is 6.50. The lowest BCUT2D eigenvalue weighted by Gasteiger charge is -2.26. The molecule has 1 N–H and O–H groups in total. The van der Waals surface area contributed by atoms with Gasteiger partial charge in [0.1, 0.15) is 5.82 Å². The molecule has 120 valence electrons. The van der Waals surface area contributed by atoms with Gasteiger partial charge >= 0.3 is 0 Å². The zero-order valence-electron chi connectivity index (χ0n) is 12.4. The first-order chi connectivity index (χ1) is 11.1. The third-order valence-corrected chi connectivity index (χ3v) is 4.01. The Bertz CT molecular complexity index is 702. The first-order valence-corrected chi connectivity index (χ1v) is 7.85. The van der Waals surface area contributed by atoms with Crippen LogP contribution in [0.5, 0.6) is 0 Å². The molecule has 1 aliphatic heterocycles. The molecule has 0 aliphatic carbocycles. The first kappa shape index (κ1) is 15.7. The van der Waals surface area contributed by atoms with Gasteiger partial charge in [0.05, 0.1) is 10.6 Å². The second-order valence-corrected chi connectivity index (χ2v) is 5.81. The number of carbonyl (C=O) groups excluding carboxylic acids is 1. The lowest BCUT2D eigenvalue weighted by Crippen LogP contribution is -2.31. The fourth-order valence-corrected chi connectivity index (χ4v) is 2.65. The molecule has 1 aromatic carbocycles. The predicted molar refractivity (Wildman–Crippen MR) is 87.5 cm³/mol. The molecule has 23 heavy (non-hydrogen) atoms. The van der Waals surface area contributed by atoms with Crippen molar-refractivity contribution in [1.29, 1.82) is 0 Å². The van der Waals surface area contributed by atoms with Crippen molar-refractivity contribution in [2.45, 2.75) is 19.3 Å². The molecule has 3 rings (SSSR count). The van der Waals surface area contributed by atoms with Gasteiger partial charge in [-0.25, -0.2) is 14.4 Å². The van der Waals surface area contributed by atoms with Crippen molar-refractivity contribution in [3.63, 3.8) is 0 Å². The van der Waals surface area contributed by atoms with E-state index in [1.807, 2.05) is 0 Å². The van der Waals surface area contributed by atoms with Gasteiger partial charge < -0.3 is 10.2 Å². The van der Waals surface area contributed by atoms with Gasteiger partial charge in [0.25, 0.3) is 5.91 Å². The molecule has 0 unspecified atom stereocenters. The quantitative estimate of drug-likeness (QED) is 0.933. The average molecular weight is 335 g/mol. The largest absolute Gasteiger partial charge is 0.341 e. The van der Waals surface area contributed by atoms with Crippen LogP contribution in [0, 0.1) is 5.82 Å². The maximum atomic E-state index is 13.1. The fraction of sp³-hybridized carbons (Fsp3) is 0.312. The van der Waals surface area contributed by atoms with Crippen molar-refractivity contribution in [3.8, 4) is 0 Å². The summed E-state index contributed by atoms with van der Waals surface area (Å²) >= 11 is 5.69. The van der Waals surface area contributed by atoms with Crippen LogP contribution in [0.3, 0.4) is 0 Å². The van der Waals surface area contributed by atoms with Crippen molar-refractivity contribution in [1.82, 2.24) is 9.97 Å². The van der Waals surface area contributed by atoms with E-state index in [1.54, 1.807) is 0 Å². The Hall–Kier alpha value is -2.21. The molecule has 0 spiro atoms. The second kappa shape index (κ2) is 6.91. The summed E-state index contributed by atoms with van der Waals surface area (Å²) < 4.78 is 13.1. The summed E-state index contributed by atoms with van der Waals surface area (Å²) in [6.45, 7) is 1.89. The number of nitrogens with zero attached hydrogens (tertiary/aromatic N) is 3. The molecule has 1 saturated heterocycles. The predicted octanol–water partition coefficient (Wildman–Crippen LogP) is 3.51. The summed E-state index contributed by atoms with van der Waals surface area (Å²) in [7, 11) is 0. The summed E-state index contributed by atoms with van der Waals surface area (Å²) in [5, 5.41) is 2.60. The van der Waals surface area contributed by atoms with Crippen molar-refractivity contribution >= 4 is 29.1 Å². The van der Waals surface area contributed by atoms with Gasteiger partial charge in [-0.2, -0.15) is 0 Å². The van der Waals surface area contributed by atoms with Crippen molar-refractivity contribution in [2.24, 2.45) is 0 Å². The van der Waals surface area contributed by atoms with Gasteiger partial charge in [-0.1, -0.05) is 11.6 Å². The molecule has 0 radical (unpaired) electrons. The number of hydrogen-bond donors (Lipinski definition) is 1. The minimum atomic E-state index is -0.529. The average Bonchev–Trinajstić information content (AvgIpc) is 2.59. The molecular weight excluding hydrogens is 319 g/mol. The summed E-state index contributed by atoms with van der Waals surface area (Å²) in [4.78, 5) is 22.8. The van der Waals surface area contributed by atoms with E-state index in [0.717, 1.165) is 25.9 Å². The Kier molecular flexibility index (Phi) is 4.71. The number of anilines is 2. The zero-order chi connectivity index (χ0) is 16.2. The minimum Gasteiger partial charge on any atom is -0.341 e. The molecule has 2 aromatic rings. The van der Waals surface area contributed by atoms with Crippen LogP contribution < -0.4 is 10.2 Å². The van der Waals surface area contributed by atoms with Crippen LogP contribution in [0.25, 0.3) is 0 Å². The number of halogens is 2. The number of aromatic nitrogens is 2. The van der Waals surface area contributed by atoms with E-state index in [-0.39, 0.29) is 10.9 Å². The van der Waals surface area contributed by atoms with Gasteiger partial charge in [-0.15, -0.1) is 0 Å². The molecule has 1 fully saturated rings.